The lowest BCUT2D eigenvalue weighted by atomic mass is 9.80. The zero-order valence-corrected chi connectivity index (χ0v) is 18.7. The summed E-state index contributed by atoms with van der Waals surface area (Å²) in [6.45, 7) is 1.85. The number of hydrogen-bond donors (Lipinski definition) is 1. The molecule has 1 aliphatic heterocycles. The zero-order valence-electron chi connectivity index (χ0n) is 18.7. The van der Waals surface area contributed by atoms with Gasteiger partial charge in [0.15, 0.2) is 5.78 Å². The van der Waals surface area contributed by atoms with Crippen LogP contribution >= 0.6 is 0 Å². The number of furan rings is 1. The summed E-state index contributed by atoms with van der Waals surface area (Å²) in [6, 6.07) is 18.6. The third-order valence-corrected chi connectivity index (χ3v) is 6.44. The number of methoxy groups -OCH3 is 1. The molecule has 168 valence electrons. The van der Waals surface area contributed by atoms with E-state index in [0.717, 1.165) is 34.1 Å². The van der Waals surface area contributed by atoms with Crippen LogP contribution < -0.4 is 15.0 Å². The van der Waals surface area contributed by atoms with Crippen LogP contribution in [0.2, 0.25) is 0 Å². The van der Waals surface area contributed by atoms with Crippen LogP contribution in [0.15, 0.2) is 82.6 Å². The Kier molecular flexibility index (Phi) is 5.50. The molecule has 0 saturated heterocycles. The van der Waals surface area contributed by atoms with Crippen molar-refractivity contribution in [3.63, 3.8) is 0 Å². The molecule has 2 aliphatic rings. The number of carbonyl (C=O) groups excluding carboxylic acids is 2. The first-order valence-electron chi connectivity index (χ1n) is 11.2. The number of nitrogens with one attached hydrogen (secondary N) is 1. The predicted molar refractivity (Wildman–Crippen MR) is 126 cm³/mol. The van der Waals surface area contributed by atoms with Crippen molar-refractivity contribution in [1.82, 2.24) is 0 Å². The van der Waals surface area contributed by atoms with Gasteiger partial charge in [0.2, 0.25) is 5.91 Å². The van der Waals surface area contributed by atoms with Gasteiger partial charge < -0.3 is 14.5 Å². The van der Waals surface area contributed by atoms with E-state index in [1.54, 1.807) is 18.3 Å². The first kappa shape index (κ1) is 21.1. The Hall–Kier alpha value is -3.80. The average Bonchev–Trinajstić information content (AvgIpc) is 3.34. The van der Waals surface area contributed by atoms with Gasteiger partial charge in [-0.15, -0.1) is 0 Å². The van der Waals surface area contributed by atoms with E-state index in [0.29, 0.717) is 24.8 Å². The lowest BCUT2D eigenvalue weighted by Gasteiger charge is -2.34. The minimum Gasteiger partial charge on any atom is -0.497 e. The molecule has 2 aromatic carbocycles. The number of amides is 1. The molecular formula is C27H26N2O4. The van der Waals surface area contributed by atoms with E-state index in [1.807, 2.05) is 67.6 Å². The fraction of sp³-hybridized carbons (Fsp3) is 0.259. The Morgan fingerprint density at radius 3 is 2.58 bits per heavy atom. The van der Waals surface area contributed by atoms with Crippen molar-refractivity contribution in [2.24, 2.45) is 0 Å². The summed E-state index contributed by atoms with van der Waals surface area (Å²) >= 11 is 0. The highest BCUT2D eigenvalue weighted by Gasteiger charge is 2.41. The highest BCUT2D eigenvalue weighted by atomic mass is 16.5. The molecule has 0 fully saturated rings. The van der Waals surface area contributed by atoms with E-state index in [9.17, 15) is 9.59 Å². The normalized spacial score (nSPS) is 19.9. The first-order valence-corrected chi connectivity index (χ1v) is 11.2. The number of ether oxygens (including phenoxy) is 1. The number of anilines is 2. The maximum absolute atomic E-state index is 13.7. The van der Waals surface area contributed by atoms with Crippen molar-refractivity contribution >= 4 is 23.1 Å². The fourth-order valence-electron chi connectivity index (χ4n) is 4.86. The van der Waals surface area contributed by atoms with E-state index in [2.05, 4.69) is 5.32 Å². The zero-order chi connectivity index (χ0) is 22.9. The largest absolute Gasteiger partial charge is 0.497 e. The van der Waals surface area contributed by atoms with Crippen molar-refractivity contribution in [3.05, 3.63) is 89.5 Å². The summed E-state index contributed by atoms with van der Waals surface area (Å²) in [7, 11) is 1.62. The van der Waals surface area contributed by atoms with Gasteiger partial charge in [0.25, 0.3) is 0 Å². The van der Waals surface area contributed by atoms with E-state index < -0.39 is 6.04 Å². The molecule has 1 amide bonds. The molecule has 0 spiro atoms. The molecule has 1 aromatic heterocycles. The number of fused-ring (bicyclic) bond motifs is 1. The third kappa shape index (κ3) is 3.71. The second-order valence-electron chi connectivity index (χ2n) is 8.37. The Labute approximate surface area is 192 Å². The molecule has 1 N–H and O–H groups in total. The number of para-hydroxylation sites is 2. The van der Waals surface area contributed by atoms with Gasteiger partial charge in [0, 0.05) is 30.0 Å². The van der Waals surface area contributed by atoms with E-state index >= 15 is 0 Å². The van der Waals surface area contributed by atoms with Crippen molar-refractivity contribution in [2.75, 3.05) is 17.3 Å². The number of ketones is 1. The molecule has 2 heterocycles. The van der Waals surface area contributed by atoms with Crippen LogP contribution in [0.5, 0.6) is 5.75 Å². The lowest BCUT2D eigenvalue weighted by Crippen LogP contribution is -2.38. The SMILES string of the molecule is CCC(=O)N1c2ccccc2NC2=C(C(=O)C[C@H](c3ccco3)C2)[C@@H]1c1ccc(OC)cc1. The maximum Gasteiger partial charge on any atom is 0.227 e. The molecule has 0 radical (unpaired) electrons. The maximum atomic E-state index is 13.7. The summed E-state index contributed by atoms with van der Waals surface area (Å²) in [6.07, 6.45) is 2.93. The van der Waals surface area contributed by atoms with Gasteiger partial charge in [0.1, 0.15) is 11.5 Å². The van der Waals surface area contributed by atoms with Crippen LogP contribution in [0.4, 0.5) is 11.4 Å². The number of benzene rings is 2. The monoisotopic (exact) mass is 442 g/mol. The van der Waals surface area contributed by atoms with Gasteiger partial charge in [-0.1, -0.05) is 31.2 Å². The van der Waals surface area contributed by atoms with Crippen LogP contribution in [-0.2, 0) is 9.59 Å². The van der Waals surface area contributed by atoms with Gasteiger partial charge in [-0.3, -0.25) is 14.5 Å². The van der Waals surface area contributed by atoms with Crippen molar-refractivity contribution < 1.29 is 18.7 Å². The van der Waals surface area contributed by atoms with Gasteiger partial charge in [0.05, 0.1) is 30.8 Å². The molecule has 2 atom stereocenters. The molecule has 6 heteroatoms. The molecule has 3 aromatic rings. The Morgan fingerprint density at radius 2 is 1.88 bits per heavy atom. The number of hydrogen-bond acceptors (Lipinski definition) is 5. The molecule has 0 bridgehead atoms. The standard InChI is InChI=1S/C27H26N2O4/c1-3-25(31)29-22-8-5-4-7-20(22)28-21-15-18(24-9-6-14-33-24)16-23(30)26(21)27(29)17-10-12-19(32-2)13-11-17/h4-14,18,27-28H,3,15-16H2,1-2H3/t18-,27+/m1/s1. The lowest BCUT2D eigenvalue weighted by molar-refractivity contribution is -0.119. The van der Waals surface area contributed by atoms with E-state index in [-0.39, 0.29) is 17.6 Å². The Morgan fingerprint density at radius 1 is 1.09 bits per heavy atom. The fourth-order valence-corrected chi connectivity index (χ4v) is 4.86. The first-order chi connectivity index (χ1) is 16.1. The average molecular weight is 443 g/mol. The summed E-state index contributed by atoms with van der Waals surface area (Å²) < 4.78 is 11.0. The number of Topliss-reactive ketones (excluding diaryl/α,β-unsaturated/α-hetero) is 1. The van der Waals surface area contributed by atoms with Gasteiger partial charge >= 0.3 is 0 Å². The van der Waals surface area contributed by atoms with Gasteiger partial charge in [-0.05, 0) is 48.4 Å². The minimum atomic E-state index is -0.528. The summed E-state index contributed by atoms with van der Waals surface area (Å²) in [5.74, 6) is 1.46. The van der Waals surface area contributed by atoms with E-state index in [1.165, 1.54) is 0 Å². The van der Waals surface area contributed by atoms with Crippen LogP contribution in [0.3, 0.4) is 0 Å². The second-order valence-corrected chi connectivity index (χ2v) is 8.37. The minimum absolute atomic E-state index is 0.0210. The molecule has 6 nitrogen and oxygen atoms in total. The van der Waals surface area contributed by atoms with Crippen LogP contribution in [0.1, 0.15) is 49.5 Å². The van der Waals surface area contributed by atoms with Crippen LogP contribution in [-0.4, -0.2) is 18.8 Å². The summed E-state index contributed by atoms with van der Waals surface area (Å²) in [4.78, 5) is 28.8. The van der Waals surface area contributed by atoms with Crippen molar-refractivity contribution in [1.29, 1.82) is 0 Å². The number of rotatable bonds is 4. The van der Waals surface area contributed by atoms with Gasteiger partial charge in [-0.25, -0.2) is 0 Å². The van der Waals surface area contributed by atoms with Crippen LogP contribution in [0, 0.1) is 0 Å². The van der Waals surface area contributed by atoms with Crippen molar-refractivity contribution in [3.8, 4) is 5.75 Å². The van der Waals surface area contributed by atoms with Gasteiger partial charge in [-0.2, -0.15) is 0 Å². The summed E-state index contributed by atoms with van der Waals surface area (Å²) in [5.41, 5.74) is 3.93. The Balaban J connectivity index is 1.71. The highest BCUT2D eigenvalue weighted by Crippen LogP contribution is 2.47. The molecule has 0 saturated carbocycles. The van der Waals surface area contributed by atoms with Crippen LogP contribution in [0.25, 0.3) is 0 Å². The second kappa shape index (κ2) is 8.62. The quantitative estimate of drug-likeness (QED) is 0.570. The molecule has 0 unspecified atom stereocenters. The van der Waals surface area contributed by atoms with E-state index in [4.69, 9.17) is 9.15 Å². The number of carbonyl (C=O) groups is 2. The third-order valence-electron chi connectivity index (χ3n) is 6.44. The molecule has 1 aliphatic carbocycles. The topological polar surface area (TPSA) is 71.8 Å². The molecular weight excluding hydrogens is 416 g/mol. The smallest absolute Gasteiger partial charge is 0.227 e. The number of nitrogens with zero attached hydrogens (tertiary/aromatic N) is 1. The Bertz CT molecular complexity index is 1210. The predicted octanol–water partition coefficient (Wildman–Crippen LogP) is 5.60. The van der Waals surface area contributed by atoms with Crippen molar-refractivity contribution in [2.45, 2.75) is 38.1 Å². The molecule has 33 heavy (non-hydrogen) atoms. The number of allylic oxidation sites excluding steroid dienone is 1. The summed E-state index contributed by atoms with van der Waals surface area (Å²) in [5, 5.41) is 3.51. The highest BCUT2D eigenvalue weighted by molar-refractivity contribution is 6.06. The molecule has 5 rings (SSSR count).